The van der Waals surface area contributed by atoms with Crippen molar-refractivity contribution in [2.75, 3.05) is 26.3 Å². The van der Waals surface area contributed by atoms with E-state index in [0.29, 0.717) is 5.56 Å². The minimum atomic E-state index is -3.42. The first kappa shape index (κ1) is 25.1. The number of morpholine rings is 1. The van der Waals surface area contributed by atoms with Gasteiger partial charge in [-0.05, 0) is 55.4 Å². The van der Waals surface area contributed by atoms with Crippen LogP contribution in [0.4, 0.5) is 0 Å². The van der Waals surface area contributed by atoms with Crippen molar-refractivity contribution in [3.05, 3.63) is 70.8 Å². The van der Waals surface area contributed by atoms with E-state index in [9.17, 15) is 19.5 Å². The van der Waals surface area contributed by atoms with E-state index < -0.39 is 20.7 Å². The predicted molar refractivity (Wildman–Crippen MR) is 129 cm³/mol. The summed E-state index contributed by atoms with van der Waals surface area (Å²) in [5, 5.41) is 12.5. The summed E-state index contributed by atoms with van der Waals surface area (Å²) in [5.74, 6) is 5.87. The van der Waals surface area contributed by atoms with E-state index in [1.54, 1.807) is 24.3 Å². The van der Waals surface area contributed by atoms with Gasteiger partial charge >= 0.3 is 8.56 Å². The van der Waals surface area contributed by atoms with E-state index in [0.717, 1.165) is 44.0 Å². The molecule has 2 aromatic carbocycles. The van der Waals surface area contributed by atoms with Crippen LogP contribution in [-0.2, 0) is 11.3 Å². The molecule has 176 valence electrons. The van der Waals surface area contributed by atoms with Crippen LogP contribution in [-0.4, -0.2) is 72.5 Å². The van der Waals surface area contributed by atoms with E-state index in [1.165, 1.54) is 19.0 Å². The van der Waals surface area contributed by atoms with Crippen LogP contribution in [0.5, 0.6) is 0 Å². The van der Waals surface area contributed by atoms with Crippen molar-refractivity contribution in [2.45, 2.75) is 38.2 Å². The van der Waals surface area contributed by atoms with Gasteiger partial charge in [0.05, 0.1) is 25.4 Å². The number of carbonyl (C=O) groups is 1. The molecule has 0 saturated carbocycles. The molecule has 2 unspecified atom stereocenters. The van der Waals surface area contributed by atoms with Crippen molar-refractivity contribution >= 4 is 14.5 Å². The average molecular weight is 469 g/mol. The van der Waals surface area contributed by atoms with Crippen LogP contribution in [0.25, 0.3) is 0 Å². The number of hydrogen-bond acceptors (Lipinski definition) is 6. The van der Waals surface area contributed by atoms with Gasteiger partial charge in [-0.25, -0.2) is 0 Å². The lowest BCUT2D eigenvalue weighted by Gasteiger charge is -2.26. The maximum absolute atomic E-state index is 12.5. The van der Waals surface area contributed by atoms with E-state index in [-0.39, 0.29) is 12.0 Å². The number of rotatable bonds is 7. The number of ether oxygens (including phenoxy) is 1. The van der Waals surface area contributed by atoms with Gasteiger partial charge in [-0.2, -0.15) is 0 Å². The van der Waals surface area contributed by atoms with Crippen LogP contribution in [0.15, 0.2) is 48.5 Å². The fraction of sp³-hybridized carbons (Fsp3) is 0.400. The number of nitrogens with one attached hydrogen (secondary N) is 1. The lowest BCUT2D eigenvalue weighted by Crippen LogP contribution is -2.48. The molecule has 1 saturated heterocycles. The number of nitrogens with zero attached hydrogens (tertiary/aromatic N) is 1. The van der Waals surface area contributed by atoms with Gasteiger partial charge in [0.1, 0.15) is 0 Å². The van der Waals surface area contributed by atoms with E-state index >= 15 is 0 Å². The quantitative estimate of drug-likeness (QED) is 0.363. The molecular formula is C25H32N2O5Si. The predicted octanol–water partition coefficient (Wildman–Crippen LogP) is 1.45. The Hall–Kier alpha value is -2.51. The number of carbonyl (C=O) groups excluding carboxylic acids is 1. The number of benzene rings is 2. The molecule has 1 aliphatic rings. The van der Waals surface area contributed by atoms with Gasteiger partial charge in [0, 0.05) is 42.4 Å². The third-order valence-electron chi connectivity index (χ3n) is 5.47. The van der Waals surface area contributed by atoms with Crippen molar-refractivity contribution < 1.29 is 24.2 Å². The summed E-state index contributed by atoms with van der Waals surface area (Å²) >= 11 is 0. The number of aliphatic hydroxyl groups excluding tert-OH is 1. The van der Waals surface area contributed by atoms with E-state index in [2.05, 4.69) is 34.2 Å². The summed E-state index contributed by atoms with van der Waals surface area (Å²) in [6, 6.07) is 14.3. The normalized spacial score (nSPS) is 16.4. The monoisotopic (exact) mass is 468 g/mol. The largest absolute Gasteiger partial charge is 0.411 e. The third kappa shape index (κ3) is 8.40. The molecule has 1 amide bonds. The first-order chi connectivity index (χ1) is 15.7. The lowest BCUT2D eigenvalue weighted by molar-refractivity contribution is 0.0342. The molecule has 0 spiro atoms. The molecule has 2 aromatic rings. The Morgan fingerprint density at radius 3 is 2.12 bits per heavy atom. The first-order valence-corrected chi connectivity index (χ1v) is 13.7. The maximum Gasteiger partial charge on any atom is 0.331 e. The van der Waals surface area contributed by atoms with Gasteiger partial charge in [0.25, 0.3) is 5.91 Å². The van der Waals surface area contributed by atoms with Gasteiger partial charge < -0.3 is 24.8 Å². The zero-order valence-corrected chi connectivity index (χ0v) is 20.1. The fourth-order valence-electron chi connectivity index (χ4n) is 3.57. The molecule has 0 bridgehead atoms. The van der Waals surface area contributed by atoms with Crippen molar-refractivity contribution in [1.29, 1.82) is 0 Å². The Kier molecular flexibility index (Phi) is 8.80. The Balaban J connectivity index is 1.57. The summed E-state index contributed by atoms with van der Waals surface area (Å²) in [4.78, 5) is 34.3. The molecule has 1 heterocycles. The molecule has 1 aliphatic heterocycles. The van der Waals surface area contributed by atoms with E-state index in [1.807, 2.05) is 12.1 Å². The van der Waals surface area contributed by atoms with Crippen LogP contribution >= 0.6 is 0 Å². The molecule has 7 nitrogen and oxygen atoms in total. The van der Waals surface area contributed by atoms with Gasteiger partial charge in [-0.15, -0.1) is 0 Å². The second kappa shape index (κ2) is 11.6. The number of aliphatic hydroxyl groups is 1. The zero-order chi connectivity index (χ0) is 23.8. The first-order valence-electron chi connectivity index (χ1n) is 11.1. The van der Waals surface area contributed by atoms with Crippen LogP contribution in [0.3, 0.4) is 0 Å². The standard InChI is InChI=1S/C25H32N2O5Si/c1-19(28)24(18-33(2,30)31)26-25(29)23-11-9-21(10-12-23)4-3-20-5-7-22(8-6-20)17-27-13-15-32-16-14-27/h5-12,19,24,28,30-31H,13-18H2,1-2H3,(H,26,29). The zero-order valence-electron chi connectivity index (χ0n) is 19.1. The molecule has 33 heavy (non-hydrogen) atoms. The smallest absolute Gasteiger partial charge is 0.331 e. The summed E-state index contributed by atoms with van der Waals surface area (Å²) in [7, 11) is -3.42. The van der Waals surface area contributed by atoms with Crippen LogP contribution < -0.4 is 5.32 Å². The summed E-state index contributed by atoms with van der Waals surface area (Å²) in [6.45, 7) is 7.26. The maximum atomic E-state index is 12.5. The molecule has 4 N–H and O–H groups in total. The topological polar surface area (TPSA) is 102 Å². The van der Waals surface area contributed by atoms with Gasteiger partial charge in [0.2, 0.25) is 0 Å². The van der Waals surface area contributed by atoms with Crippen molar-refractivity contribution in [1.82, 2.24) is 10.2 Å². The van der Waals surface area contributed by atoms with Crippen LogP contribution in [0, 0.1) is 11.8 Å². The van der Waals surface area contributed by atoms with E-state index in [4.69, 9.17) is 4.74 Å². The third-order valence-corrected chi connectivity index (χ3v) is 6.68. The molecule has 1 fully saturated rings. The highest BCUT2D eigenvalue weighted by molar-refractivity contribution is 6.63. The lowest BCUT2D eigenvalue weighted by atomic mass is 10.1. The van der Waals surface area contributed by atoms with Crippen LogP contribution in [0.1, 0.15) is 34.0 Å². The van der Waals surface area contributed by atoms with Gasteiger partial charge in [-0.3, -0.25) is 9.69 Å². The Morgan fingerprint density at radius 2 is 1.61 bits per heavy atom. The van der Waals surface area contributed by atoms with Gasteiger partial charge in [0.15, 0.2) is 0 Å². The average Bonchev–Trinajstić information content (AvgIpc) is 2.78. The highest BCUT2D eigenvalue weighted by Gasteiger charge is 2.30. The molecule has 0 aliphatic carbocycles. The Labute approximate surface area is 196 Å². The van der Waals surface area contributed by atoms with Crippen molar-refractivity contribution in [2.24, 2.45) is 0 Å². The summed E-state index contributed by atoms with van der Waals surface area (Å²) in [5.41, 5.74) is 3.36. The van der Waals surface area contributed by atoms with Gasteiger partial charge in [-0.1, -0.05) is 24.0 Å². The minimum Gasteiger partial charge on any atom is -0.411 e. The molecule has 3 rings (SSSR count). The molecule has 0 radical (unpaired) electrons. The highest BCUT2D eigenvalue weighted by Crippen LogP contribution is 2.12. The van der Waals surface area contributed by atoms with Crippen molar-refractivity contribution in [3.63, 3.8) is 0 Å². The van der Waals surface area contributed by atoms with Crippen molar-refractivity contribution in [3.8, 4) is 11.8 Å². The van der Waals surface area contributed by atoms with Crippen LogP contribution in [0.2, 0.25) is 12.6 Å². The molecule has 2 atom stereocenters. The highest BCUT2D eigenvalue weighted by atomic mass is 28.4. The second-order valence-corrected chi connectivity index (χ2v) is 11.5. The Bertz CT molecular complexity index is 969. The fourth-order valence-corrected chi connectivity index (χ4v) is 4.85. The SMILES string of the molecule is CC(O)C(C[Si](C)(O)O)NC(=O)c1ccc(C#Cc2ccc(CN3CCOCC3)cc2)cc1. The number of amides is 1. The molecule has 8 heteroatoms. The number of hydrogen-bond donors (Lipinski definition) is 4. The minimum absolute atomic E-state index is 0.0504. The summed E-state index contributed by atoms with van der Waals surface area (Å²) < 4.78 is 5.39. The molecular weight excluding hydrogens is 436 g/mol. The summed E-state index contributed by atoms with van der Waals surface area (Å²) in [6.07, 6.45) is -0.898. The Morgan fingerprint density at radius 1 is 1.06 bits per heavy atom. The molecule has 0 aromatic heterocycles. The second-order valence-electron chi connectivity index (χ2n) is 8.65.